The Morgan fingerprint density at radius 2 is 2.13 bits per heavy atom. The number of fused-ring (bicyclic) bond motifs is 3. The van der Waals surface area contributed by atoms with Crippen LogP contribution >= 0.6 is 0 Å². The summed E-state index contributed by atoms with van der Waals surface area (Å²) in [4.78, 5) is 9.67. The molecular formula is C21H17F3N6O. The van der Waals surface area contributed by atoms with Crippen LogP contribution in [0.5, 0.6) is 0 Å². The summed E-state index contributed by atoms with van der Waals surface area (Å²) in [5.74, 6) is 1.73. The van der Waals surface area contributed by atoms with E-state index < -0.39 is 24.4 Å². The number of nitrogens with zero attached hydrogens (tertiary/aromatic N) is 6. The van der Waals surface area contributed by atoms with E-state index in [9.17, 15) is 18.3 Å². The predicted molar refractivity (Wildman–Crippen MR) is 109 cm³/mol. The van der Waals surface area contributed by atoms with Crippen LogP contribution in [0.15, 0.2) is 42.9 Å². The summed E-state index contributed by atoms with van der Waals surface area (Å²) in [5.41, 5.74) is -0.405. The first-order valence-electron chi connectivity index (χ1n) is 9.28. The highest BCUT2D eigenvalue weighted by Crippen LogP contribution is 2.33. The Labute approximate surface area is 175 Å². The van der Waals surface area contributed by atoms with Crippen LogP contribution in [0.1, 0.15) is 12.6 Å². The molecule has 1 aromatic carbocycles. The summed E-state index contributed by atoms with van der Waals surface area (Å²) in [6.45, 7) is 0.692. The lowest BCUT2D eigenvalue weighted by Crippen LogP contribution is -2.27. The van der Waals surface area contributed by atoms with Crippen LogP contribution in [0.2, 0.25) is 0 Å². The van der Waals surface area contributed by atoms with Crippen LogP contribution in [0, 0.1) is 18.2 Å². The average Bonchev–Trinajstić information content (AvgIpc) is 3.20. The van der Waals surface area contributed by atoms with Gasteiger partial charge in [0.1, 0.15) is 23.6 Å². The van der Waals surface area contributed by atoms with Crippen molar-refractivity contribution in [2.24, 2.45) is 0 Å². The molecule has 1 unspecified atom stereocenters. The first-order valence-corrected chi connectivity index (χ1v) is 9.28. The van der Waals surface area contributed by atoms with Gasteiger partial charge in [-0.3, -0.25) is 9.38 Å². The molecule has 7 nitrogen and oxygen atoms in total. The fourth-order valence-electron chi connectivity index (χ4n) is 3.34. The van der Waals surface area contributed by atoms with Gasteiger partial charge in [0.2, 0.25) is 0 Å². The normalized spacial score (nSPS) is 13.5. The van der Waals surface area contributed by atoms with Gasteiger partial charge in [0.05, 0.1) is 17.4 Å². The largest absolute Gasteiger partial charge is 0.378 e. The first-order chi connectivity index (χ1) is 14.8. The molecular weight excluding hydrogens is 409 g/mol. The van der Waals surface area contributed by atoms with E-state index in [1.54, 1.807) is 6.07 Å². The minimum Gasteiger partial charge on any atom is -0.378 e. The molecule has 0 saturated heterocycles. The lowest BCUT2D eigenvalue weighted by atomic mass is 10.0. The molecule has 4 aromatic rings. The third-order valence-corrected chi connectivity index (χ3v) is 4.73. The Bertz CT molecular complexity index is 1300. The summed E-state index contributed by atoms with van der Waals surface area (Å²) in [5, 5.41) is 17.9. The van der Waals surface area contributed by atoms with E-state index in [2.05, 4.69) is 26.1 Å². The number of anilines is 2. The smallest absolute Gasteiger partial charge is 0.257 e. The Morgan fingerprint density at radius 3 is 2.87 bits per heavy atom. The Hall–Kier alpha value is -3.71. The lowest BCUT2D eigenvalue weighted by Gasteiger charge is -2.26. The van der Waals surface area contributed by atoms with Gasteiger partial charge in [-0.25, -0.2) is 13.2 Å². The number of halogens is 3. The van der Waals surface area contributed by atoms with Crippen molar-refractivity contribution in [2.75, 3.05) is 11.4 Å². The predicted octanol–water partition coefficient (Wildman–Crippen LogP) is 3.14. The monoisotopic (exact) mass is 426 g/mol. The fraction of sp³-hybridized carbons (Fsp3) is 0.238. The van der Waals surface area contributed by atoms with Crippen LogP contribution in [0.25, 0.3) is 16.7 Å². The molecule has 1 N–H and O–H groups in total. The van der Waals surface area contributed by atoms with Gasteiger partial charge in [0.25, 0.3) is 12.2 Å². The maximum Gasteiger partial charge on any atom is 0.257 e. The van der Waals surface area contributed by atoms with E-state index in [1.165, 1.54) is 53.0 Å². The topological polar surface area (TPSA) is 79.4 Å². The molecule has 10 heteroatoms. The number of rotatable bonds is 6. The van der Waals surface area contributed by atoms with Crippen LogP contribution < -0.4 is 4.90 Å². The van der Waals surface area contributed by atoms with Crippen molar-refractivity contribution in [2.45, 2.75) is 25.4 Å². The third-order valence-electron chi connectivity index (χ3n) is 4.73. The maximum absolute atomic E-state index is 14.9. The number of aromatic nitrogens is 5. The molecule has 4 rings (SSSR count). The number of benzene rings is 1. The average molecular weight is 426 g/mol. The molecule has 158 valence electrons. The van der Waals surface area contributed by atoms with Gasteiger partial charge in [-0.05, 0) is 31.2 Å². The molecule has 0 bridgehead atoms. The van der Waals surface area contributed by atoms with Gasteiger partial charge in [-0.2, -0.15) is 4.98 Å². The highest BCUT2D eigenvalue weighted by atomic mass is 19.3. The molecule has 3 heterocycles. The zero-order valence-electron chi connectivity index (χ0n) is 16.4. The van der Waals surface area contributed by atoms with Crippen molar-refractivity contribution in [1.82, 2.24) is 24.6 Å². The molecule has 0 fully saturated rings. The van der Waals surface area contributed by atoms with E-state index in [4.69, 9.17) is 6.42 Å². The van der Waals surface area contributed by atoms with Gasteiger partial charge in [0, 0.05) is 24.0 Å². The van der Waals surface area contributed by atoms with Gasteiger partial charge in [-0.1, -0.05) is 12.0 Å². The molecule has 0 spiro atoms. The van der Waals surface area contributed by atoms with Gasteiger partial charge < -0.3 is 10.0 Å². The summed E-state index contributed by atoms with van der Waals surface area (Å²) >= 11 is 0. The minimum atomic E-state index is -2.75. The fourth-order valence-corrected chi connectivity index (χ4v) is 3.34. The number of alkyl halides is 2. The van der Waals surface area contributed by atoms with Crippen molar-refractivity contribution in [1.29, 1.82) is 0 Å². The van der Waals surface area contributed by atoms with E-state index in [1.807, 2.05) is 0 Å². The zero-order valence-corrected chi connectivity index (χ0v) is 16.4. The van der Waals surface area contributed by atoms with Crippen molar-refractivity contribution in [3.05, 3.63) is 54.4 Å². The van der Waals surface area contributed by atoms with Crippen LogP contribution in [0.3, 0.4) is 0 Å². The summed E-state index contributed by atoms with van der Waals surface area (Å²) in [6, 6.07) is 7.37. The molecule has 0 aliphatic heterocycles. The summed E-state index contributed by atoms with van der Waals surface area (Å²) in [7, 11) is 0. The van der Waals surface area contributed by atoms with Gasteiger partial charge >= 0.3 is 0 Å². The molecule has 0 radical (unpaired) electrons. The molecule has 0 aliphatic rings. The standard InChI is InChI=1S/C21H17F3N6O/c1-3-21(2,31)10-13-9-14(7-8-25-13)29(11-17(23)24)19-18-15(22)5-4-6-16(18)30-12-26-28-20(30)27-19/h1,4-9,12,17,31H,10-11H2,2H3. The number of hydrogen-bond donors (Lipinski definition) is 1. The third kappa shape index (κ3) is 4.00. The Kier molecular flexibility index (Phi) is 5.20. The zero-order chi connectivity index (χ0) is 22.2. The highest BCUT2D eigenvalue weighted by Gasteiger charge is 2.24. The maximum atomic E-state index is 14.9. The second-order valence-corrected chi connectivity index (χ2v) is 7.17. The second-order valence-electron chi connectivity index (χ2n) is 7.17. The van der Waals surface area contributed by atoms with E-state index in [-0.39, 0.29) is 23.4 Å². The Balaban J connectivity index is 1.92. The summed E-state index contributed by atoms with van der Waals surface area (Å²) < 4.78 is 43.5. The van der Waals surface area contributed by atoms with Crippen molar-refractivity contribution in [3.8, 4) is 12.3 Å². The molecule has 0 amide bonds. The van der Waals surface area contributed by atoms with Crippen molar-refractivity contribution in [3.63, 3.8) is 0 Å². The van der Waals surface area contributed by atoms with E-state index in [0.717, 1.165) is 0 Å². The molecule has 0 aliphatic carbocycles. The van der Waals surface area contributed by atoms with Gasteiger partial charge in [0.15, 0.2) is 0 Å². The second kappa shape index (κ2) is 7.85. The summed E-state index contributed by atoms with van der Waals surface area (Å²) in [6.07, 6.45) is 5.36. The SMILES string of the molecule is C#CC(C)(O)Cc1cc(N(CC(F)F)c2nc3nncn3c3cccc(F)c23)ccn1. The number of pyridine rings is 1. The quantitative estimate of drug-likeness (QED) is 0.477. The number of terminal acetylenes is 1. The van der Waals surface area contributed by atoms with Crippen LogP contribution in [-0.4, -0.2) is 48.2 Å². The minimum absolute atomic E-state index is 0.00556. The number of aliphatic hydroxyl groups is 1. The lowest BCUT2D eigenvalue weighted by molar-refractivity contribution is 0.122. The highest BCUT2D eigenvalue weighted by molar-refractivity contribution is 5.94. The van der Waals surface area contributed by atoms with E-state index >= 15 is 0 Å². The Morgan fingerprint density at radius 1 is 1.32 bits per heavy atom. The molecule has 31 heavy (non-hydrogen) atoms. The van der Waals surface area contributed by atoms with Crippen LogP contribution in [0.4, 0.5) is 24.7 Å². The van der Waals surface area contributed by atoms with E-state index in [0.29, 0.717) is 16.9 Å². The van der Waals surface area contributed by atoms with Crippen LogP contribution in [-0.2, 0) is 6.42 Å². The number of hydrogen-bond acceptors (Lipinski definition) is 6. The molecule has 1 atom stereocenters. The first kappa shape index (κ1) is 20.6. The molecule has 0 saturated carbocycles. The van der Waals surface area contributed by atoms with Crippen molar-refractivity contribution >= 4 is 28.2 Å². The molecule has 3 aromatic heterocycles. The van der Waals surface area contributed by atoms with Crippen molar-refractivity contribution < 1.29 is 18.3 Å². The van der Waals surface area contributed by atoms with Gasteiger partial charge in [-0.15, -0.1) is 16.6 Å².